The number of para-hydroxylation sites is 1. The minimum Gasteiger partial charge on any atom is -0.348 e. The predicted molar refractivity (Wildman–Crippen MR) is 80.7 cm³/mol. The van der Waals surface area contributed by atoms with Crippen LogP contribution in [0.3, 0.4) is 0 Å². The van der Waals surface area contributed by atoms with Crippen LogP contribution >= 0.6 is 11.3 Å². The van der Waals surface area contributed by atoms with Gasteiger partial charge >= 0.3 is 0 Å². The van der Waals surface area contributed by atoms with Crippen LogP contribution in [0.2, 0.25) is 0 Å². The van der Waals surface area contributed by atoms with Crippen LogP contribution < -0.4 is 5.32 Å². The van der Waals surface area contributed by atoms with Gasteiger partial charge < -0.3 is 5.32 Å². The molecule has 1 amide bonds. The van der Waals surface area contributed by atoms with Gasteiger partial charge in [0, 0.05) is 10.3 Å². The number of thiophene rings is 1. The zero-order valence-corrected chi connectivity index (χ0v) is 11.9. The summed E-state index contributed by atoms with van der Waals surface area (Å²) in [5.74, 6) is 0.000281. The molecule has 0 aliphatic rings. The highest BCUT2D eigenvalue weighted by atomic mass is 32.1. The number of hydrogen-bond acceptors (Lipinski definition) is 3. The average Bonchev–Trinajstić information content (AvgIpc) is 3.09. The van der Waals surface area contributed by atoms with Gasteiger partial charge in [-0.05, 0) is 24.4 Å². The van der Waals surface area contributed by atoms with Gasteiger partial charge in [0.05, 0.1) is 23.7 Å². The monoisotopic (exact) mass is 285 g/mol. The van der Waals surface area contributed by atoms with Crippen molar-refractivity contribution in [1.29, 1.82) is 0 Å². The molecule has 20 heavy (non-hydrogen) atoms. The van der Waals surface area contributed by atoms with Crippen LogP contribution in [0, 0.1) is 0 Å². The molecule has 0 aliphatic heterocycles. The van der Waals surface area contributed by atoms with Gasteiger partial charge in [-0.1, -0.05) is 24.3 Å². The van der Waals surface area contributed by atoms with Gasteiger partial charge in [0.1, 0.15) is 0 Å². The lowest BCUT2D eigenvalue weighted by molar-refractivity contribution is -0.121. The first-order valence-corrected chi connectivity index (χ1v) is 7.37. The fourth-order valence-electron chi connectivity index (χ4n) is 2.21. The summed E-state index contributed by atoms with van der Waals surface area (Å²) in [6.07, 6.45) is 0.316. The highest BCUT2D eigenvalue weighted by Crippen LogP contribution is 2.19. The molecule has 4 nitrogen and oxygen atoms in total. The standard InChI is InChI=1S/C15H15N3OS/c1-10(14-7-4-8-20-14)16-15(19)9-13-11-5-2-3-6-12(11)17-18-13/h2-8,10H,9H2,1H3,(H,16,19)(H,17,18)/t10-/m1/s1. The SMILES string of the molecule is C[C@@H](NC(=O)Cc1[nH]nc2ccccc12)c1cccs1. The highest BCUT2D eigenvalue weighted by Gasteiger charge is 2.13. The summed E-state index contributed by atoms with van der Waals surface area (Å²) in [4.78, 5) is 13.3. The third-order valence-electron chi connectivity index (χ3n) is 3.23. The number of carbonyl (C=O) groups is 1. The molecule has 2 aromatic heterocycles. The predicted octanol–water partition coefficient (Wildman–Crippen LogP) is 3.04. The smallest absolute Gasteiger partial charge is 0.226 e. The second-order valence-electron chi connectivity index (χ2n) is 4.70. The molecule has 3 rings (SSSR count). The van der Waals surface area contributed by atoms with E-state index in [1.165, 1.54) is 0 Å². The molecule has 1 aromatic carbocycles. The first-order valence-electron chi connectivity index (χ1n) is 6.49. The number of rotatable bonds is 4. The fourth-order valence-corrected chi connectivity index (χ4v) is 2.95. The Morgan fingerprint density at radius 3 is 3.00 bits per heavy atom. The van der Waals surface area contributed by atoms with Crippen LogP contribution in [0.15, 0.2) is 41.8 Å². The fraction of sp³-hybridized carbons (Fsp3) is 0.200. The molecule has 2 N–H and O–H groups in total. The van der Waals surface area contributed by atoms with E-state index < -0.39 is 0 Å². The summed E-state index contributed by atoms with van der Waals surface area (Å²) in [7, 11) is 0. The summed E-state index contributed by atoms with van der Waals surface area (Å²) >= 11 is 1.65. The molecule has 5 heteroatoms. The molecule has 0 spiro atoms. The van der Waals surface area contributed by atoms with E-state index in [1.54, 1.807) is 11.3 Å². The molecular weight excluding hydrogens is 270 g/mol. The minimum absolute atomic E-state index is 0.000281. The van der Waals surface area contributed by atoms with Gasteiger partial charge in [0.2, 0.25) is 5.91 Å². The van der Waals surface area contributed by atoms with Crippen molar-refractivity contribution in [2.45, 2.75) is 19.4 Å². The second-order valence-corrected chi connectivity index (χ2v) is 5.68. The number of aromatic nitrogens is 2. The van der Waals surface area contributed by atoms with Crippen LogP contribution in [-0.2, 0) is 11.2 Å². The van der Waals surface area contributed by atoms with Crippen LogP contribution in [0.4, 0.5) is 0 Å². The number of hydrogen-bond donors (Lipinski definition) is 2. The zero-order chi connectivity index (χ0) is 13.9. The van der Waals surface area contributed by atoms with E-state index in [0.29, 0.717) is 6.42 Å². The number of aromatic amines is 1. The van der Waals surface area contributed by atoms with E-state index in [-0.39, 0.29) is 11.9 Å². The molecule has 0 aliphatic carbocycles. The number of fused-ring (bicyclic) bond motifs is 1. The van der Waals surface area contributed by atoms with Crippen LogP contribution in [0.5, 0.6) is 0 Å². The van der Waals surface area contributed by atoms with Crippen molar-refractivity contribution in [2.24, 2.45) is 0 Å². The molecule has 102 valence electrons. The van der Waals surface area contributed by atoms with Gasteiger partial charge in [0.25, 0.3) is 0 Å². The Hall–Kier alpha value is -2.14. The van der Waals surface area contributed by atoms with Gasteiger partial charge in [-0.2, -0.15) is 5.10 Å². The number of amides is 1. The van der Waals surface area contributed by atoms with Gasteiger partial charge in [0.15, 0.2) is 0 Å². The summed E-state index contributed by atoms with van der Waals surface area (Å²) in [5.41, 5.74) is 1.75. The van der Waals surface area contributed by atoms with E-state index in [9.17, 15) is 4.79 Å². The minimum atomic E-state index is 0.000281. The Balaban J connectivity index is 1.70. The maximum atomic E-state index is 12.1. The van der Waals surface area contributed by atoms with Gasteiger partial charge in [-0.25, -0.2) is 0 Å². The number of H-pyrrole nitrogens is 1. The first-order chi connectivity index (χ1) is 9.74. The van der Waals surface area contributed by atoms with Crippen LogP contribution in [-0.4, -0.2) is 16.1 Å². The summed E-state index contributed by atoms with van der Waals surface area (Å²) in [6.45, 7) is 1.99. The third-order valence-corrected chi connectivity index (χ3v) is 4.28. The molecule has 0 unspecified atom stereocenters. The zero-order valence-electron chi connectivity index (χ0n) is 11.1. The number of nitrogens with zero attached hydrogens (tertiary/aromatic N) is 1. The van der Waals surface area contributed by atoms with Gasteiger partial charge in [-0.3, -0.25) is 9.89 Å². The Labute approximate surface area is 120 Å². The van der Waals surface area contributed by atoms with Crippen LogP contribution in [0.1, 0.15) is 23.5 Å². The normalized spacial score (nSPS) is 12.4. The lowest BCUT2D eigenvalue weighted by Gasteiger charge is -2.11. The number of nitrogens with one attached hydrogen (secondary N) is 2. The molecule has 0 bridgehead atoms. The Morgan fingerprint density at radius 1 is 1.35 bits per heavy atom. The summed E-state index contributed by atoms with van der Waals surface area (Å²) < 4.78 is 0. The Bertz CT molecular complexity index is 718. The molecule has 0 radical (unpaired) electrons. The molecule has 0 saturated heterocycles. The summed E-state index contributed by atoms with van der Waals surface area (Å²) in [5, 5.41) is 13.2. The summed E-state index contributed by atoms with van der Waals surface area (Å²) in [6, 6.07) is 11.9. The van der Waals surface area contributed by atoms with E-state index in [1.807, 2.05) is 48.7 Å². The molecular formula is C15H15N3OS. The molecule has 2 heterocycles. The van der Waals surface area contributed by atoms with Crippen molar-refractivity contribution >= 4 is 28.1 Å². The number of benzene rings is 1. The molecule has 1 atom stereocenters. The molecule has 0 fully saturated rings. The molecule has 0 saturated carbocycles. The van der Waals surface area contributed by atoms with E-state index in [0.717, 1.165) is 21.5 Å². The second kappa shape index (κ2) is 5.46. The van der Waals surface area contributed by atoms with Gasteiger partial charge in [-0.15, -0.1) is 11.3 Å². The average molecular weight is 285 g/mol. The Kier molecular flexibility index (Phi) is 3.52. The van der Waals surface area contributed by atoms with Crippen LogP contribution in [0.25, 0.3) is 10.9 Å². The van der Waals surface area contributed by atoms with Crippen molar-refractivity contribution in [2.75, 3.05) is 0 Å². The quantitative estimate of drug-likeness (QED) is 0.774. The third kappa shape index (κ3) is 2.58. The topological polar surface area (TPSA) is 57.8 Å². The van der Waals surface area contributed by atoms with E-state index in [2.05, 4.69) is 15.5 Å². The van der Waals surface area contributed by atoms with E-state index in [4.69, 9.17) is 0 Å². The van der Waals surface area contributed by atoms with Crippen molar-refractivity contribution in [3.63, 3.8) is 0 Å². The van der Waals surface area contributed by atoms with E-state index >= 15 is 0 Å². The largest absolute Gasteiger partial charge is 0.348 e. The lowest BCUT2D eigenvalue weighted by atomic mass is 10.1. The number of carbonyl (C=O) groups excluding carboxylic acids is 1. The maximum absolute atomic E-state index is 12.1. The highest BCUT2D eigenvalue weighted by molar-refractivity contribution is 7.10. The van der Waals surface area contributed by atoms with Crippen molar-refractivity contribution in [3.8, 4) is 0 Å². The first kappa shape index (κ1) is 12.9. The van der Waals surface area contributed by atoms with Crippen molar-refractivity contribution in [1.82, 2.24) is 15.5 Å². The Morgan fingerprint density at radius 2 is 2.20 bits per heavy atom. The molecule has 3 aromatic rings. The van der Waals surface area contributed by atoms with Crippen molar-refractivity contribution in [3.05, 3.63) is 52.3 Å². The van der Waals surface area contributed by atoms with Crippen molar-refractivity contribution < 1.29 is 4.79 Å². The maximum Gasteiger partial charge on any atom is 0.226 e. The lowest BCUT2D eigenvalue weighted by Crippen LogP contribution is -2.27.